The number of aromatic nitrogens is 1. The molecule has 1 aliphatic carbocycles. The van der Waals surface area contributed by atoms with E-state index < -0.39 is 0 Å². The van der Waals surface area contributed by atoms with Crippen LogP contribution in [-0.4, -0.2) is 24.2 Å². The second kappa shape index (κ2) is 5.51. The quantitative estimate of drug-likeness (QED) is 0.917. The molecule has 2 unspecified atom stereocenters. The number of nitrogen functional groups attached to an aromatic ring is 1. The van der Waals surface area contributed by atoms with Crippen LogP contribution in [-0.2, 0) is 0 Å². The van der Waals surface area contributed by atoms with Gasteiger partial charge in [-0.1, -0.05) is 6.92 Å². The Hall–Kier alpha value is -1.45. The highest BCUT2D eigenvalue weighted by Crippen LogP contribution is 2.32. The minimum atomic E-state index is 0.533. The Labute approximate surface area is 121 Å². The first-order valence-electron chi connectivity index (χ1n) is 7.79. The molecule has 1 saturated carbocycles. The zero-order valence-electron chi connectivity index (χ0n) is 12.5. The van der Waals surface area contributed by atoms with Gasteiger partial charge in [-0.2, -0.15) is 4.98 Å². The summed E-state index contributed by atoms with van der Waals surface area (Å²) < 4.78 is 5.79. The first kappa shape index (κ1) is 13.5. The Bertz CT molecular complexity index is 473. The molecule has 0 bridgehead atoms. The van der Waals surface area contributed by atoms with Crippen molar-refractivity contribution >= 4 is 11.5 Å². The molecule has 2 heterocycles. The molecule has 2 atom stereocenters. The number of hydrogen-bond donors (Lipinski definition) is 1. The highest BCUT2D eigenvalue weighted by atomic mass is 16.5. The van der Waals surface area contributed by atoms with Crippen molar-refractivity contribution < 1.29 is 4.74 Å². The van der Waals surface area contributed by atoms with E-state index >= 15 is 0 Å². The van der Waals surface area contributed by atoms with Gasteiger partial charge in [-0.15, -0.1) is 0 Å². The third kappa shape index (κ3) is 3.00. The van der Waals surface area contributed by atoms with Gasteiger partial charge in [-0.3, -0.25) is 0 Å². The average molecular weight is 275 g/mol. The van der Waals surface area contributed by atoms with E-state index in [2.05, 4.69) is 23.7 Å². The monoisotopic (exact) mass is 275 g/mol. The van der Waals surface area contributed by atoms with Gasteiger partial charge < -0.3 is 15.4 Å². The van der Waals surface area contributed by atoms with Crippen molar-refractivity contribution in [3.8, 4) is 5.88 Å². The Balaban J connectivity index is 1.73. The van der Waals surface area contributed by atoms with Gasteiger partial charge in [-0.05, 0) is 56.6 Å². The van der Waals surface area contributed by atoms with Crippen LogP contribution < -0.4 is 15.4 Å². The fourth-order valence-electron chi connectivity index (χ4n) is 2.95. The van der Waals surface area contributed by atoms with Gasteiger partial charge in [0.2, 0.25) is 5.88 Å². The van der Waals surface area contributed by atoms with Crippen molar-refractivity contribution in [2.24, 2.45) is 11.8 Å². The highest BCUT2D eigenvalue weighted by molar-refractivity contribution is 5.55. The minimum absolute atomic E-state index is 0.533. The van der Waals surface area contributed by atoms with E-state index in [0.717, 1.165) is 30.8 Å². The van der Waals surface area contributed by atoms with E-state index in [1.165, 1.54) is 25.7 Å². The van der Waals surface area contributed by atoms with Crippen molar-refractivity contribution in [1.29, 1.82) is 0 Å². The number of ether oxygens (including phenoxy) is 1. The lowest BCUT2D eigenvalue weighted by molar-refractivity contribution is 0.289. The lowest BCUT2D eigenvalue weighted by Gasteiger charge is -2.37. The predicted molar refractivity (Wildman–Crippen MR) is 82.1 cm³/mol. The van der Waals surface area contributed by atoms with Gasteiger partial charge in [0.05, 0.1) is 12.3 Å². The number of piperidine rings is 1. The lowest BCUT2D eigenvalue weighted by atomic mass is 9.93. The lowest BCUT2D eigenvalue weighted by Crippen LogP contribution is -2.40. The molecule has 0 amide bonds. The normalized spacial score (nSPS) is 26.6. The molecule has 20 heavy (non-hydrogen) atoms. The zero-order chi connectivity index (χ0) is 14.1. The van der Waals surface area contributed by atoms with Crippen LogP contribution in [0.5, 0.6) is 5.88 Å². The fourth-order valence-corrected chi connectivity index (χ4v) is 2.95. The molecule has 0 aromatic carbocycles. The molecule has 2 fully saturated rings. The maximum absolute atomic E-state index is 5.98. The van der Waals surface area contributed by atoms with Crippen molar-refractivity contribution in [3.05, 3.63) is 12.1 Å². The maximum Gasteiger partial charge on any atom is 0.239 e. The number of rotatable bonds is 4. The summed E-state index contributed by atoms with van der Waals surface area (Å²) in [5.41, 5.74) is 6.62. The molecule has 2 aliphatic rings. The zero-order valence-corrected chi connectivity index (χ0v) is 12.5. The largest absolute Gasteiger partial charge is 0.476 e. The Morgan fingerprint density at radius 2 is 2.10 bits per heavy atom. The van der Waals surface area contributed by atoms with Crippen LogP contribution >= 0.6 is 0 Å². The van der Waals surface area contributed by atoms with Crippen LogP contribution in [0, 0.1) is 11.8 Å². The molecule has 110 valence electrons. The number of nitrogens with zero attached hydrogens (tertiary/aromatic N) is 2. The van der Waals surface area contributed by atoms with E-state index in [-0.39, 0.29) is 0 Å². The van der Waals surface area contributed by atoms with Crippen LogP contribution in [0.2, 0.25) is 0 Å². The van der Waals surface area contributed by atoms with E-state index in [1.54, 1.807) is 0 Å². The highest BCUT2D eigenvalue weighted by Gasteiger charge is 2.25. The third-order valence-electron chi connectivity index (χ3n) is 4.46. The van der Waals surface area contributed by atoms with Crippen molar-refractivity contribution in [1.82, 2.24) is 4.98 Å². The summed E-state index contributed by atoms with van der Waals surface area (Å²) in [7, 11) is 0. The van der Waals surface area contributed by atoms with Crippen LogP contribution in [0.3, 0.4) is 0 Å². The van der Waals surface area contributed by atoms with Crippen molar-refractivity contribution in [2.45, 2.75) is 45.6 Å². The molecule has 4 nitrogen and oxygen atoms in total. The van der Waals surface area contributed by atoms with E-state index in [0.29, 0.717) is 17.6 Å². The van der Waals surface area contributed by atoms with Gasteiger partial charge in [0.1, 0.15) is 5.82 Å². The first-order valence-corrected chi connectivity index (χ1v) is 7.79. The molecule has 4 heteroatoms. The predicted octanol–water partition coefficient (Wildman–Crippen LogP) is 3.08. The molecule has 1 aromatic rings. The van der Waals surface area contributed by atoms with Crippen molar-refractivity contribution in [3.63, 3.8) is 0 Å². The maximum atomic E-state index is 5.98. The summed E-state index contributed by atoms with van der Waals surface area (Å²) in [6.45, 7) is 6.43. The summed E-state index contributed by atoms with van der Waals surface area (Å²) in [5, 5.41) is 0. The summed E-state index contributed by atoms with van der Waals surface area (Å²) in [6, 6.07) is 4.48. The average Bonchev–Trinajstić information content (AvgIpc) is 3.22. The second-order valence-corrected chi connectivity index (χ2v) is 6.49. The van der Waals surface area contributed by atoms with Gasteiger partial charge in [0.15, 0.2) is 0 Å². The summed E-state index contributed by atoms with van der Waals surface area (Å²) >= 11 is 0. The summed E-state index contributed by atoms with van der Waals surface area (Å²) in [4.78, 5) is 7.03. The van der Waals surface area contributed by atoms with Crippen molar-refractivity contribution in [2.75, 3.05) is 23.8 Å². The molecule has 1 aromatic heterocycles. The summed E-state index contributed by atoms with van der Waals surface area (Å²) in [6.07, 6.45) is 5.01. The second-order valence-electron chi connectivity index (χ2n) is 6.49. The number of hydrogen-bond acceptors (Lipinski definition) is 4. The van der Waals surface area contributed by atoms with E-state index in [1.807, 2.05) is 12.1 Å². The van der Waals surface area contributed by atoms with Crippen LogP contribution in [0.15, 0.2) is 12.1 Å². The number of anilines is 2. The van der Waals surface area contributed by atoms with Gasteiger partial charge in [-0.25, -0.2) is 0 Å². The van der Waals surface area contributed by atoms with Gasteiger partial charge in [0.25, 0.3) is 0 Å². The smallest absolute Gasteiger partial charge is 0.239 e. The minimum Gasteiger partial charge on any atom is -0.476 e. The Kier molecular flexibility index (Phi) is 3.72. The molecule has 2 N–H and O–H groups in total. The molecule has 3 rings (SSSR count). The van der Waals surface area contributed by atoms with Crippen LogP contribution in [0.4, 0.5) is 11.5 Å². The SMILES string of the molecule is CC1CCN(c2ccc(N)c(OCC3CC3)n2)C(C)C1. The summed E-state index contributed by atoms with van der Waals surface area (Å²) in [5.74, 6) is 3.14. The van der Waals surface area contributed by atoms with Gasteiger partial charge >= 0.3 is 0 Å². The first-order chi connectivity index (χ1) is 9.63. The number of pyridine rings is 1. The molecule has 0 spiro atoms. The van der Waals surface area contributed by atoms with E-state index in [9.17, 15) is 0 Å². The Morgan fingerprint density at radius 3 is 2.80 bits per heavy atom. The van der Waals surface area contributed by atoms with Crippen LogP contribution in [0.1, 0.15) is 39.5 Å². The fraction of sp³-hybridized carbons (Fsp3) is 0.688. The van der Waals surface area contributed by atoms with Gasteiger partial charge in [0, 0.05) is 12.6 Å². The molecule has 0 radical (unpaired) electrons. The molecular formula is C16H25N3O. The third-order valence-corrected chi connectivity index (χ3v) is 4.46. The van der Waals surface area contributed by atoms with Crippen LogP contribution in [0.25, 0.3) is 0 Å². The number of nitrogens with two attached hydrogens (primary N) is 1. The van der Waals surface area contributed by atoms with E-state index in [4.69, 9.17) is 10.5 Å². The molecular weight excluding hydrogens is 250 g/mol. The Morgan fingerprint density at radius 1 is 1.30 bits per heavy atom. The standard InChI is InChI=1S/C16H25N3O/c1-11-7-8-19(12(2)9-11)15-6-5-14(17)16(18-15)20-10-13-3-4-13/h5-6,11-13H,3-4,7-10,17H2,1-2H3. The topological polar surface area (TPSA) is 51.4 Å². The molecule has 1 saturated heterocycles. The molecule has 1 aliphatic heterocycles.